The second-order valence-electron chi connectivity index (χ2n) is 6.69. The van der Waals surface area contributed by atoms with Gasteiger partial charge in [-0.3, -0.25) is 0 Å². The van der Waals surface area contributed by atoms with Crippen LogP contribution in [0.1, 0.15) is 42.9 Å². The Morgan fingerprint density at radius 2 is 1.83 bits per heavy atom. The Bertz CT molecular complexity index is 586. The molecule has 0 bridgehead atoms. The summed E-state index contributed by atoms with van der Waals surface area (Å²) in [5.41, 5.74) is -0.683. The lowest BCUT2D eigenvalue weighted by Gasteiger charge is -2.19. The quantitative estimate of drug-likeness (QED) is 0.743. The Labute approximate surface area is 138 Å². The highest BCUT2D eigenvalue weighted by atomic mass is 19.4. The van der Waals surface area contributed by atoms with Crippen LogP contribution in [0.2, 0.25) is 0 Å². The van der Waals surface area contributed by atoms with E-state index in [1.807, 2.05) is 0 Å². The Hall–Kier alpha value is -1.76. The van der Waals surface area contributed by atoms with Crippen LogP contribution in [0.5, 0.6) is 0 Å². The fourth-order valence-electron chi connectivity index (χ4n) is 2.96. The van der Waals surface area contributed by atoms with E-state index in [2.05, 4.69) is 10.6 Å². The molecule has 3 rings (SSSR count). The van der Waals surface area contributed by atoms with E-state index >= 15 is 0 Å². The minimum absolute atomic E-state index is 0.130. The lowest BCUT2D eigenvalue weighted by atomic mass is 10.1. The van der Waals surface area contributed by atoms with Crippen molar-refractivity contribution in [2.24, 2.45) is 11.8 Å². The number of hydrogen-bond acceptors (Lipinski definition) is 2. The monoisotopic (exact) mass is 342 g/mol. The highest BCUT2D eigenvalue weighted by molar-refractivity contribution is 5.74. The van der Waals surface area contributed by atoms with E-state index in [-0.39, 0.29) is 24.2 Å². The van der Waals surface area contributed by atoms with Gasteiger partial charge in [-0.2, -0.15) is 13.2 Å². The van der Waals surface area contributed by atoms with Crippen molar-refractivity contribution in [3.05, 3.63) is 35.4 Å². The molecule has 0 saturated heterocycles. The van der Waals surface area contributed by atoms with Crippen LogP contribution < -0.4 is 10.6 Å². The summed E-state index contributed by atoms with van der Waals surface area (Å²) in [6.45, 7) is -0.130. The fourth-order valence-corrected chi connectivity index (χ4v) is 2.96. The van der Waals surface area contributed by atoms with Gasteiger partial charge in [-0.1, -0.05) is 12.1 Å². The van der Waals surface area contributed by atoms with Crippen LogP contribution in [0.4, 0.5) is 18.0 Å². The van der Waals surface area contributed by atoms with E-state index in [0.717, 1.165) is 37.8 Å². The second-order valence-corrected chi connectivity index (χ2v) is 6.69. The van der Waals surface area contributed by atoms with Crippen LogP contribution >= 0.6 is 0 Å². The zero-order valence-corrected chi connectivity index (χ0v) is 13.1. The number of carbonyl (C=O) groups is 1. The first kappa shape index (κ1) is 17.1. The van der Waals surface area contributed by atoms with Crippen LogP contribution in [0.25, 0.3) is 0 Å². The van der Waals surface area contributed by atoms with Crippen LogP contribution in [0.3, 0.4) is 0 Å². The molecule has 0 heterocycles. The zero-order valence-electron chi connectivity index (χ0n) is 13.1. The molecular formula is C17H21F3N2O2. The van der Waals surface area contributed by atoms with Gasteiger partial charge in [-0.15, -0.1) is 0 Å². The Kier molecular flexibility index (Phi) is 4.71. The number of carbonyl (C=O) groups excluding carboxylic acids is 1. The maximum absolute atomic E-state index is 12.7. The van der Waals surface area contributed by atoms with Gasteiger partial charge in [0.25, 0.3) is 0 Å². The van der Waals surface area contributed by atoms with Gasteiger partial charge in [-0.25, -0.2) is 4.79 Å². The van der Waals surface area contributed by atoms with E-state index in [1.54, 1.807) is 0 Å². The SMILES string of the molecule is O=C(NCC(O)c1cccc(C(F)(F)F)c1)NC(C1CC1)C1CC1. The number of urea groups is 1. The van der Waals surface area contributed by atoms with E-state index in [4.69, 9.17) is 0 Å². The van der Waals surface area contributed by atoms with Crippen molar-refractivity contribution in [2.75, 3.05) is 6.54 Å². The first-order valence-electron chi connectivity index (χ1n) is 8.24. The smallest absolute Gasteiger partial charge is 0.387 e. The molecule has 2 fully saturated rings. The van der Waals surface area contributed by atoms with E-state index < -0.39 is 17.8 Å². The van der Waals surface area contributed by atoms with Crippen molar-refractivity contribution < 1.29 is 23.1 Å². The molecule has 0 aliphatic heterocycles. The number of halogens is 3. The molecule has 2 aliphatic rings. The number of alkyl halides is 3. The summed E-state index contributed by atoms with van der Waals surface area (Å²) in [5.74, 6) is 1.10. The third-order valence-corrected chi connectivity index (χ3v) is 4.61. The molecule has 2 amide bonds. The molecule has 3 N–H and O–H groups in total. The van der Waals surface area contributed by atoms with Gasteiger partial charge in [0.05, 0.1) is 11.7 Å². The van der Waals surface area contributed by atoms with Crippen molar-refractivity contribution in [1.29, 1.82) is 0 Å². The number of rotatable bonds is 6. The van der Waals surface area contributed by atoms with Crippen LogP contribution in [0, 0.1) is 11.8 Å². The van der Waals surface area contributed by atoms with Gasteiger partial charge in [0.1, 0.15) is 0 Å². The van der Waals surface area contributed by atoms with Gasteiger partial charge in [0.15, 0.2) is 0 Å². The molecular weight excluding hydrogens is 321 g/mol. The molecule has 1 unspecified atom stereocenters. The zero-order chi connectivity index (χ0) is 17.3. The van der Waals surface area contributed by atoms with Gasteiger partial charge in [0.2, 0.25) is 0 Å². The highest BCUT2D eigenvalue weighted by Gasteiger charge is 2.42. The summed E-state index contributed by atoms with van der Waals surface area (Å²) in [5, 5.41) is 15.5. The summed E-state index contributed by atoms with van der Waals surface area (Å²) < 4.78 is 38.1. The topological polar surface area (TPSA) is 61.4 Å². The van der Waals surface area contributed by atoms with E-state index in [0.29, 0.717) is 11.8 Å². The van der Waals surface area contributed by atoms with Crippen molar-refractivity contribution in [2.45, 2.75) is 44.0 Å². The normalized spacial score (nSPS) is 19.2. The van der Waals surface area contributed by atoms with Crippen molar-refractivity contribution in [3.8, 4) is 0 Å². The maximum Gasteiger partial charge on any atom is 0.416 e. The average molecular weight is 342 g/mol. The predicted molar refractivity (Wildman–Crippen MR) is 82.2 cm³/mol. The number of aliphatic hydroxyl groups excluding tert-OH is 1. The van der Waals surface area contributed by atoms with E-state index in [9.17, 15) is 23.1 Å². The molecule has 2 saturated carbocycles. The molecule has 0 radical (unpaired) electrons. The average Bonchev–Trinajstić information content (AvgIpc) is 3.42. The molecule has 4 nitrogen and oxygen atoms in total. The summed E-state index contributed by atoms with van der Waals surface area (Å²) in [7, 11) is 0. The number of aliphatic hydroxyl groups is 1. The summed E-state index contributed by atoms with van der Waals surface area (Å²) in [6.07, 6.45) is -1.11. The number of amides is 2. The first-order valence-corrected chi connectivity index (χ1v) is 8.24. The standard InChI is InChI=1S/C17H21F3N2O2/c18-17(19,20)13-3-1-2-12(8-13)14(23)9-21-16(24)22-15(10-4-5-10)11-6-7-11/h1-3,8,10-11,14-15,23H,4-7,9H2,(H2,21,22,24). The molecule has 24 heavy (non-hydrogen) atoms. The third-order valence-electron chi connectivity index (χ3n) is 4.61. The summed E-state index contributed by atoms with van der Waals surface area (Å²) in [6, 6.07) is 4.34. The number of nitrogens with one attached hydrogen (secondary N) is 2. The molecule has 7 heteroatoms. The van der Waals surface area contributed by atoms with Gasteiger partial charge in [-0.05, 0) is 55.2 Å². The lowest BCUT2D eigenvalue weighted by Crippen LogP contribution is -2.45. The van der Waals surface area contributed by atoms with Crippen LogP contribution in [-0.2, 0) is 6.18 Å². The molecule has 1 aromatic rings. The van der Waals surface area contributed by atoms with Gasteiger partial charge >= 0.3 is 12.2 Å². The van der Waals surface area contributed by atoms with Crippen LogP contribution in [-0.4, -0.2) is 23.7 Å². The largest absolute Gasteiger partial charge is 0.416 e. The van der Waals surface area contributed by atoms with Gasteiger partial charge in [0, 0.05) is 12.6 Å². The number of hydrogen-bond donors (Lipinski definition) is 3. The summed E-state index contributed by atoms with van der Waals surface area (Å²) in [4.78, 5) is 12.0. The van der Waals surface area contributed by atoms with E-state index in [1.165, 1.54) is 12.1 Å². The molecule has 0 aromatic heterocycles. The molecule has 1 atom stereocenters. The maximum atomic E-state index is 12.7. The molecule has 1 aromatic carbocycles. The Morgan fingerprint density at radius 3 is 2.38 bits per heavy atom. The van der Waals surface area contributed by atoms with Crippen molar-refractivity contribution in [1.82, 2.24) is 10.6 Å². The fraction of sp³-hybridized carbons (Fsp3) is 0.588. The molecule has 132 valence electrons. The predicted octanol–water partition coefficient (Wildman–Crippen LogP) is 3.23. The summed E-state index contributed by atoms with van der Waals surface area (Å²) >= 11 is 0. The van der Waals surface area contributed by atoms with Crippen molar-refractivity contribution in [3.63, 3.8) is 0 Å². The lowest BCUT2D eigenvalue weighted by molar-refractivity contribution is -0.137. The molecule has 2 aliphatic carbocycles. The van der Waals surface area contributed by atoms with Gasteiger partial charge < -0.3 is 15.7 Å². The Morgan fingerprint density at radius 1 is 1.21 bits per heavy atom. The third kappa shape index (κ3) is 4.41. The van der Waals surface area contributed by atoms with Crippen molar-refractivity contribution >= 4 is 6.03 Å². The second kappa shape index (κ2) is 6.63. The number of benzene rings is 1. The first-order chi connectivity index (χ1) is 11.3. The Balaban J connectivity index is 1.51. The van der Waals surface area contributed by atoms with Crippen LogP contribution in [0.15, 0.2) is 24.3 Å². The minimum atomic E-state index is -4.46. The minimum Gasteiger partial charge on any atom is -0.387 e. The molecule has 0 spiro atoms. The highest BCUT2D eigenvalue weighted by Crippen LogP contribution is 2.44.